The van der Waals surface area contributed by atoms with E-state index in [1.807, 2.05) is 0 Å². The second kappa shape index (κ2) is 2.99. The van der Waals surface area contributed by atoms with Crippen molar-refractivity contribution < 1.29 is 14.3 Å². The molecule has 0 saturated carbocycles. The first kappa shape index (κ1) is 9.98. The van der Waals surface area contributed by atoms with Gasteiger partial charge in [0.05, 0.1) is 6.54 Å². The summed E-state index contributed by atoms with van der Waals surface area (Å²) in [6.07, 6.45) is 0. The first-order valence-corrected chi connectivity index (χ1v) is 4.01. The number of ether oxygens (including phenoxy) is 1. The molecule has 0 aromatic rings. The van der Waals surface area contributed by atoms with Gasteiger partial charge in [0.1, 0.15) is 0 Å². The van der Waals surface area contributed by atoms with Gasteiger partial charge in [-0.1, -0.05) is 0 Å². The van der Waals surface area contributed by atoms with Crippen LogP contribution in [0.2, 0.25) is 0 Å². The van der Waals surface area contributed by atoms with Gasteiger partial charge in [-0.3, -0.25) is 9.59 Å². The first-order chi connectivity index (χ1) is 5.93. The fourth-order valence-electron chi connectivity index (χ4n) is 1.34. The van der Waals surface area contributed by atoms with Crippen LogP contribution in [0.1, 0.15) is 6.92 Å². The topological polar surface area (TPSA) is 49.9 Å². The molecule has 1 aliphatic heterocycles. The minimum atomic E-state index is -1.15. The summed E-state index contributed by atoms with van der Waals surface area (Å²) in [7, 11) is 4.57. The Bertz CT molecular complexity index is 254. The molecule has 0 aliphatic carbocycles. The van der Waals surface area contributed by atoms with Crippen LogP contribution in [0, 0.1) is 0 Å². The first-order valence-electron chi connectivity index (χ1n) is 4.01. The Kier molecular flexibility index (Phi) is 2.30. The second-order valence-corrected chi connectivity index (χ2v) is 3.30. The summed E-state index contributed by atoms with van der Waals surface area (Å²) in [5.41, 5.74) is -1.15. The summed E-state index contributed by atoms with van der Waals surface area (Å²) in [6, 6.07) is 0. The average molecular weight is 186 g/mol. The number of hydrogen-bond donors (Lipinski definition) is 0. The average Bonchev–Trinajstić information content (AvgIpc) is 2.12. The van der Waals surface area contributed by atoms with Gasteiger partial charge in [-0.25, -0.2) is 0 Å². The molecule has 1 saturated heterocycles. The minimum Gasteiger partial charge on any atom is -0.351 e. The fraction of sp³-hybridized carbons (Fsp3) is 0.750. The Balaban J connectivity index is 3.02. The van der Waals surface area contributed by atoms with E-state index in [2.05, 4.69) is 0 Å². The molecule has 1 atom stereocenters. The number of carbonyl (C=O) groups is 2. The lowest BCUT2D eigenvalue weighted by atomic mass is 10.1. The summed E-state index contributed by atoms with van der Waals surface area (Å²) in [6.45, 7) is 1.71. The molecule has 0 aromatic carbocycles. The van der Waals surface area contributed by atoms with Gasteiger partial charge in [0.2, 0.25) is 11.6 Å². The molecule has 1 rings (SSSR count). The van der Waals surface area contributed by atoms with Gasteiger partial charge < -0.3 is 14.5 Å². The van der Waals surface area contributed by atoms with Gasteiger partial charge in [0.25, 0.3) is 5.91 Å². The third-order valence-electron chi connectivity index (χ3n) is 2.53. The normalized spacial score (nSPS) is 29.8. The van der Waals surface area contributed by atoms with Crippen LogP contribution >= 0.6 is 0 Å². The summed E-state index contributed by atoms with van der Waals surface area (Å²) in [5, 5.41) is 0. The zero-order valence-electron chi connectivity index (χ0n) is 8.33. The highest BCUT2D eigenvalue weighted by Crippen LogP contribution is 2.21. The maximum Gasteiger partial charge on any atom is 0.276 e. The van der Waals surface area contributed by atoms with Crippen molar-refractivity contribution in [3.63, 3.8) is 0 Å². The standard InChI is InChI=1S/C8H14N2O3/c1-8(13-4)7(12)9(2)5-6(11)10(8)3/h5H2,1-4H3/t8-/m1/s1. The van der Waals surface area contributed by atoms with E-state index in [9.17, 15) is 9.59 Å². The third-order valence-corrected chi connectivity index (χ3v) is 2.53. The highest BCUT2D eigenvalue weighted by molar-refractivity contribution is 5.96. The zero-order valence-corrected chi connectivity index (χ0v) is 8.33. The number of rotatable bonds is 1. The Morgan fingerprint density at radius 2 is 1.92 bits per heavy atom. The third kappa shape index (κ3) is 1.29. The maximum atomic E-state index is 11.6. The fourth-order valence-corrected chi connectivity index (χ4v) is 1.34. The lowest BCUT2D eigenvalue weighted by molar-refractivity contribution is -0.191. The molecule has 5 heteroatoms. The van der Waals surface area contributed by atoms with Crippen molar-refractivity contribution in [3.8, 4) is 0 Å². The predicted octanol–water partition coefficient (Wildman–Crippen LogP) is -0.721. The number of amides is 2. The van der Waals surface area contributed by atoms with Crippen LogP contribution in [0.4, 0.5) is 0 Å². The van der Waals surface area contributed by atoms with Crippen molar-refractivity contribution in [2.24, 2.45) is 0 Å². The van der Waals surface area contributed by atoms with Crippen LogP contribution in [-0.2, 0) is 14.3 Å². The van der Waals surface area contributed by atoms with Crippen molar-refractivity contribution in [2.45, 2.75) is 12.6 Å². The molecule has 1 fully saturated rings. The van der Waals surface area contributed by atoms with Gasteiger partial charge in [-0.05, 0) is 6.92 Å². The Morgan fingerprint density at radius 3 is 2.38 bits per heavy atom. The largest absolute Gasteiger partial charge is 0.351 e. The Hall–Kier alpha value is -1.10. The van der Waals surface area contributed by atoms with E-state index in [0.29, 0.717) is 0 Å². The van der Waals surface area contributed by atoms with E-state index in [1.165, 1.54) is 16.9 Å². The van der Waals surface area contributed by atoms with E-state index in [-0.39, 0.29) is 18.4 Å². The minimum absolute atomic E-state index is 0.119. The number of nitrogens with zero attached hydrogens (tertiary/aromatic N) is 2. The lowest BCUT2D eigenvalue weighted by Crippen LogP contribution is -2.65. The summed E-state index contributed by atoms with van der Waals surface area (Å²) in [4.78, 5) is 25.7. The molecule has 0 aromatic heterocycles. The number of hydrogen-bond acceptors (Lipinski definition) is 3. The lowest BCUT2D eigenvalue weighted by Gasteiger charge is -2.43. The van der Waals surface area contributed by atoms with Crippen LogP contribution in [0.5, 0.6) is 0 Å². The van der Waals surface area contributed by atoms with Crippen molar-refractivity contribution in [2.75, 3.05) is 27.7 Å². The van der Waals surface area contributed by atoms with Crippen molar-refractivity contribution in [1.29, 1.82) is 0 Å². The molecule has 13 heavy (non-hydrogen) atoms. The SMILES string of the molecule is CO[C@]1(C)C(=O)N(C)CC(=O)N1C. The molecular weight excluding hydrogens is 172 g/mol. The van der Waals surface area contributed by atoms with E-state index < -0.39 is 5.72 Å². The molecule has 74 valence electrons. The van der Waals surface area contributed by atoms with Gasteiger partial charge in [-0.2, -0.15) is 0 Å². The van der Waals surface area contributed by atoms with Crippen LogP contribution in [-0.4, -0.2) is 55.1 Å². The number of methoxy groups -OCH3 is 1. The molecule has 2 amide bonds. The van der Waals surface area contributed by atoms with Crippen molar-refractivity contribution in [3.05, 3.63) is 0 Å². The van der Waals surface area contributed by atoms with Crippen molar-refractivity contribution in [1.82, 2.24) is 9.80 Å². The molecule has 1 aliphatic rings. The Morgan fingerprint density at radius 1 is 1.38 bits per heavy atom. The maximum absolute atomic E-state index is 11.6. The summed E-state index contributed by atoms with van der Waals surface area (Å²) in [5.74, 6) is -0.316. The molecule has 0 radical (unpaired) electrons. The van der Waals surface area contributed by atoms with Crippen LogP contribution in [0.15, 0.2) is 0 Å². The van der Waals surface area contributed by atoms with E-state index in [4.69, 9.17) is 4.74 Å². The van der Waals surface area contributed by atoms with Crippen molar-refractivity contribution >= 4 is 11.8 Å². The highest BCUT2D eigenvalue weighted by Gasteiger charge is 2.46. The molecule has 0 bridgehead atoms. The zero-order chi connectivity index (χ0) is 10.2. The van der Waals surface area contributed by atoms with Crippen LogP contribution < -0.4 is 0 Å². The highest BCUT2D eigenvalue weighted by atomic mass is 16.5. The van der Waals surface area contributed by atoms with Gasteiger partial charge in [-0.15, -0.1) is 0 Å². The smallest absolute Gasteiger partial charge is 0.276 e. The summed E-state index contributed by atoms with van der Waals surface area (Å²) < 4.78 is 5.06. The van der Waals surface area contributed by atoms with E-state index in [1.54, 1.807) is 21.0 Å². The number of likely N-dealkylation sites (N-methyl/N-ethyl adjacent to an activating group) is 2. The molecular formula is C8H14N2O3. The van der Waals surface area contributed by atoms with Crippen LogP contribution in [0.3, 0.4) is 0 Å². The monoisotopic (exact) mass is 186 g/mol. The Labute approximate surface area is 77.2 Å². The second-order valence-electron chi connectivity index (χ2n) is 3.30. The van der Waals surface area contributed by atoms with Crippen LogP contribution in [0.25, 0.3) is 0 Å². The van der Waals surface area contributed by atoms with E-state index >= 15 is 0 Å². The summed E-state index contributed by atoms with van der Waals surface area (Å²) >= 11 is 0. The molecule has 5 nitrogen and oxygen atoms in total. The van der Waals surface area contributed by atoms with Gasteiger partial charge >= 0.3 is 0 Å². The molecule has 0 unspecified atom stereocenters. The van der Waals surface area contributed by atoms with E-state index in [0.717, 1.165) is 0 Å². The predicted molar refractivity (Wildman–Crippen MR) is 45.8 cm³/mol. The number of piperazine rings is 1. The molecule has 0 spiro atoms. The van der Waals surface area contributed by atoms with Gasteiger partial charge in [0, 0.05) is 21.2 Å². The van der Waals surface area contributed by atoms with Gasteiger partial charge in [0.15, 0.2) is 0 Å². The quantitative estimate of drug-likeness (QED) is 0.543. The molecule has 1 heterocycles. The number of carbonyl (C=O) groups excluding carboxylic acids is 2. The molecule has 0 N–H and O–H groups in total.